The number of nitrogens with one attached hydrogen (secondary N) is 1. The van der Waals surface area contributed by atoms with Gasteiger partial charge in [-0.15, -0.1) is 0 Å². The second-order valence-corrected chi connectivity index (χ2v) is 6.05. The van der Waals surface area contributed by atoms with Crippen LogP contribution in [-0.4, -0.2) is 19.5 Å². The summed E-state index contributed by atoms with van der Waals surface area (Å²) in [5.41, 5.74) is 2.18. The average molecular weight is 318 g/mol. The fourth-order valence-corrected chi connectivity index (χ4v) is 2.98. The summed E-state index contributed by atoms with van der Waals surface area (Å²) in [5, 5.41) is 5.48. The van der Waals surface area contributed by atoms with Crippen LogP contribution in [-0.2, 0) is 4.79 Å². The Hall–Kier alpha value is -2.81. The molecule has 3 aromatic rings. The van der Waals surface area contributed by atoms with Gasteiger partial charge in [-0.1, -0.05) is 60.7 Å². The van der Waals surface area contributed by atoms with E-state index in [0.29, 0.717) is 6.54 Å². The van der Waals surface area contributed by atoms with E-state index in [9.17, 15) is 4.79 Å². The van der Waals surface area contributed by atoms with Crippen molar-refractivity contribution in [3.05, 3.63) is 78.4 Å². The van der Waals surface area contributed by atoms with Crippen molar-refractivity contribution < 1.29 is 4.79 Å². The molecule has 3 heteroatoms. The summed E-state index contributed by atoms with van der Waals surface area (Å²) < 4.78 is 0. The monoisotopic (exact) mass is 318 g/mol. The second-order valence-electron chi connectivity index (χ2n) is 6.05. The topological polar surface area (TPSA) is 32.3 Å². The number of amides is 1. The minimum absolute atomic E-state index is 0.0155. The van der Waals surface area contributed by atoms with Crippen molar-refractivity contribution >= 4 is 22.4 Å². The first kappa shape index (κ1) is 16.1. The van der Waals surface area contributed by atoms with E-state index in [2.05, 4.69) is 29.6 Å². The first-order chi connectivity index (χ1) is 11.6. The van der Waals surface area contributed by atoms with E-state index >= 15 is 0 Å². The van der Waals surface area contributed by atoms with Crippen LogP contribution in [0.3, 0.4) is 0 Å². The Balaban J connectivity index is 1.70. The highest BCUT2D eigenvalue weighted by atomic mass is 16.2. The normalized spacial score (nSPS) is 11.9. The first-order valence-corrected chi connectivity index (χ1v) is 8.18. The van der Waals surface area contributed by atoms with Gasteiger partial charge in [0.15, 0.2) is 0 Å². The highest BCUT2D eigenvalue weighted by Gasteiger charge is 2.13. The van der Waals surface area contributed by atoms with Gasteiger partial charge in [0.2, 0.25) is 5.91 Å². The Morgan fingerprint density at radius 2 is 1.62 bits per heavy atom. The molecular formula is C21H22N2O. The molecule has 1 amide bonds. The second kappa shape index (κ2) is 7.18. The third kappa shape index (κ3) is 3.57. The number of carbonyl (C=O) groups is 1. The molecule has 0 aliphatic heterocycles. The maximum atomic E-state index is 12.4. The number of carbonyl (C=O) groups excluding carboxylic acids is 1. The molecule has 122 valence electrons. The van der Waals surface area contributed by atoms with E-state index < -0.39 is 0 Å². The van der Waals surface area contributed by atoms with Gasteiger partial charge in [-0.2, -0.15) is 0 Å². The van der Waals surface area contributed by atoms with Crippen molar-refractivity contribution in [3.8, 4) is 0 Å². The molecule has 0 bridgehead atoms. The number of benzene rings is 3. The number of hydrogen-bond donors (Lipinski definition) is 1. The van der Waals surface area contributed by atoms with Crippen LogP contribution < -0.4 is 10.2 Å². The first-order valence-electron chi connectivity index (χ1n) is 8.18. The molecule has 3 aromatic carbocycles. The molecule has 1 atom stereocenters. The SMILES string of the molecule is C[C@@H](NC(=O)CN(C)c1ccccc1)c1cccc2ccccc12. The molecule has 0 aliphatic rings. The van der Waals surface area contributed by atoms with Gasteiger partial charge in [-0.25, -0.2) is 0 Å². The van der Waals surface area contributed by atoms with Crippen LogP contribution in [0.1, 0.15) is 18.5 Å². The fourth-order valence-electron chi connectivity index (χ4n) is 2.98. The third-order valence-corrected chi connectivity index (χ3v) is 4.25. The van der Waals surface area contributed by atoms with E-state index in [1.807, 2.05) is 67.4 Å². The zero-order chi connectivity index (χ0) is 16.9. The Bertz CT molecular complexity index is 824. The zero-order valence-electron chi connectivity index (χ0n) is 14.1. The largest absolute Gasteiger partial charge is 0.365 e. The van der Waals surface area contributed by atoms with Gasteiger partial charge >= 0.3 is 0 Å². The lowest BCUT2D eigenvalue weighted by atomic mass is 10.00. The maximum Gasteiger partial charge on any atom is 0.239 e. The molecule has 0 aromatic heterocycles. The summed E-state index contributed by atoms with van der Waals surface area (Å²) in [5.74, 6) is 0.0155. The van der Waals surface area contributed by atoms with Crippen LogP contribution in [0.4, 0.5) is 5.69 Å². The van der Waals surface area contributed by atoms with Crippen LogP contribution in [0.5, 0.6) is 0 Å². The Labute approximate surface area is 142 Å². The van der Waals surface area contributed by atoms with E-state index in [1.165, 1.54) is 10.8 Å². The number of anilines is 1. The predicted molar refractivity (Wildman–Crippen MR) is 100 cm³/mol. The molecule has 3 rings (SSSR count). The highest BCUT2D eigenvalue weighted by Crippen LogP contribution is 2.24. The summed E-state index contributed by atoms with van der Waals surface area (Å²) in [6.07, 6.45) is 0. The lowest BCUT2D eigenvalue weighted by Gasteiger charge is -2.21. The smallest absolute Gasteiger partial charge is 0.239 e. The van der Waals surface area contributed by atoms with Crippen LogP contribution in [0.2, 0.25) is 0 Å². The summed E-state index contributed by atoms with van der Waals surface area (Å²) in [6, 6.07) is 24.4. The lowest BCUT2D eigenvalue weighted by molar-refractivity contribution is -0.120. The van der Waals surface area contributed by atoms with Crippen LogP contribution in [0, 0.1) is 0 Å². The minimum Gasteiger partial charge on any atom is -0.365 e. The fraction of sp³-hybridized carbons (Fsp3) is 0.190. The molecule has 0 fully saturated rings. The molecule has 1 N–H and O–H groups in total. The summed E-state index contributed by atoms with van der Waals surface area (Å²) >= 11 is 0. The summed E-state index contributed by atoms with van der Waals surface area (Å²) in [7, 11) is 1.93. The van der Waals surface area contributed by atoms with Crippen molar-refractivity contribution in [2.45, 2.75) is 13.0 Å². The maximum absolute atomic E-state index is 12.4. The van der Waals surface area contributed by atoms with E-state index in [4.69, 9.17) is 0 Å². The molecule has 24 heavy (non-hydrogen) atoms. The number of nitrogens with zero attached hydrogens (tertiary/aromatic N) is 1. The van der Waals surface area contributed by atoms with Gasteiger partial charge in [-0.3, -0.25) is 4.79 Å². The van der Waals surface area contributed by atoms with Crippen molar-refractivity contribution in [1.82, 2.24) is 5.32 Å². The number of para-hydroxylation sites is 1. The van der Waals surface area contributed by atoms with Crippen molar-refractivity contribution in [3.63, 3.8) is 0 Å². The molecule has 0 spiro atoms. The Morgan fingerprint density at radius 3 is 2.42 bits per heavy atom. The van der Waals surface area contributed by atoms with Crippen molar-refractivity contribution in [2.75, 3.05) is 18.5 Å². The molecule has 0 radical (unpaired) electrons. The number of rotatable bonds is 5. The van der Waals surface area contributed by atoms with Gasteiger partial charge in [0.25, 0.3) is 0 Å². The van der Waals surface area contributed by atoms with Crippen molar-refractivity contribution in [2.24, 2.45) is 0 Å². The quantitative estimate of drug-likeness (QED) is 0.766. The van der Waals surface area contributed by atoms with Gasteiger partial charge < -0.3 is 10.2 Å². The minimum atomic E-state index is -0.0345. The van der Waals surface area contributed by atoms with E-state index in [0.717, 1.165) is 11.3 Å². The number of hydrogen-bond acceptors (Lipinski definition) is 2. The highest BCUT2D eigenvalue weighted by molar-refractivity contribution is 5.87. The van der Waals surface area contributed by atoms with Gasteiger partial charge in [0, 0.05) is 12.7 Å². The van der Waals surface area contributed by atoms with Gasteiger partial charge in [0.05, 0.1) is 12.6 Å². The number of likely N-dealkylation sites (N-methyl/N-ethyl adjacent to an activating group) is 1. The molecule has 0 saturated heterocycles. The Kier molecular flexibility index (Phi) is 4.80. The lowest BCUT2D eigenvalue weighted by Crippen LogP contribution is -2.36. The standard InChI is InChI=1S/C21H22N2O/c1-16(19-14-8-10-17-9-6-7-13-20(17)19)22-21(24)15-23(2)18-11-4-3-5-12-18/h3-14,16H,15H2,1-2H3,(H,22,24)/t16-/m1/s1. The van der Waals surface area contributed by atoms with E-state index in [-0.39, 0.29) is 11.9 Å². The molecule has 0 saturated carbocycles. The molecule has 3 nitrogen and oxygen atoms in total. The Morgan fingerprint density at radius 1 is 0.958 bits per heavy atom. The summed E-state index contributed by atoms with van der Waals surface area (Å²) in [6.45, 7) is 2.36. The molecular weight excluding hydrogens is 296 g/mol. The van der Waals surface area contributed by atoms with Crippen molar-refractivity contribution in [1.29, 1.82) is 0 Å². The average Bonchev–Trinajstić information content (AvgIpc) is 2.61. The summed E-state index contributed by atoms with van der Waals surface area (Å²) in [4.78, 5) is 14.3. The molecule has 0 heterocycles. The predicted octanol–water partition coefficient (Wildman–Crippen LogP) is 4.15. The third-order valence-electron chi connectivity index (χ3n) is 4.25. The van der Waals surface area contributed by atoms with E-state index in [1.54, 1.807) is 0 Å². The van der Waals surface area contributed by atoms with Crippen LogP contribution in [0.25, 0.3) is 10.8 Å². The zero-order valence-corrected chi connectivity index (χ0v) is 14.1. The van der Waals surface area contributed by atoms with Gasteiger partial charge in [0.1, 0.15) is 0 Å². The number of fused-ring (bicyclic) bond motifs is 1. The van der Waals surface area contributed by atoms with Crippen LogP contribution in [0.15, 0.2) is 72.8 Å². The van der Waals surface area contributed by atoms with Crippen LogP contribution >= 0.6 is 0 Å². The molecule has 0 aliphatic carbocycles. The van der Waals surface area contributed by atoms with Gasteiger partial charge in [-0.05, 0) is 35.4 Å². The molecule has 0 unspecified atom stereocenters.